The predicted octanol–water partition coefficient (Wildman–Crippen LogP) is 1.23. The molecule has 1 aromatic rings. The number of hydrogen-bond acceptors (Lipinski definition) is 4. The van der Waals surface area contributed by atoms with Crippen LogP contribution in [0.1, 0.15) is 18.9 Å². The van der Waals surface area contributed by atoms with Crippen molar-refractivity contribution in [2.45, 2.75) is 24.0 Å². The first kappa shape index (κ1) is 7.62. The molecule has 12 heavy (non-hydrogen) atoms. The van der Waals surface area contributed by atoms with Crippen LogP contribution in [0.4, 0.5) is 0 Å². The highest BCUT2D eigenvalue weighted by Gasteiger charge is 2.25. The SMILES string of the molecule is N#CCSc1nncn1C1CC1. The lowest BCUT2D eigenvalue weighted by Crippen LogP contribution is -1.94. The zero-order chi connectivity index (χ0) is 8.39. The maximum Gasteiger partial charge on any atom is 0.192 e. The molecule has 0 radical (unpaired) electrons. The number of rotatable bonds is 3. The Labute approximate surface area is 74.6 Å². The quantitative estimate of drug-likeness (QED) is 0.656. The average Bonchev–Trinajstić information content (AvgIpc) is 2.83. The molecule has 1 heterocycles. The highest BCUT2D eigenvalue weighted by atomic mass is 32.2. The Morgan fingerprint density at radius 3 is 3.25 bits per heavy atom. The molecular formula is C7H8N4S. The fourth-order valence-electron chi connectivity index (χ4n) is 1.04. The molecule has 1 fully saturated rings. The third kappa shape index (κ3) is 1.43. The summed E-state index contributed by atoms with van der Waals surface area (Å²) in [7, 11) is 0. The summed E-state index contributed by atoms with van der Waals surface area (Å²) < 4.78 is 2.06. The number of aromatic nitrogens is 3. The standard InChI is InChI=1S/C7H8N4S/c8-3-4-12-7-10-9-5-11(7)6-1-2-6/h5-6H,1-2,4H2. The van der Waals surface area contributed by atoms with Gasteiger partial charge in [0.25, 0.3) is 0 Å². The van der Waals surface area contributed by atoms with Crippen LogP contribution >= 0.6 is 11.8 Å². The first-order chi connectivity index (χ1) is 5.92. The minimum absolute atomic E-state index is 0.450. The summed E-state index contributed by atoms with van der Waals surface area (Å²) in [5.74, 6) is 0.450. The van der Waals surface area contributed by atoms with E-state index >= 15 is 0 Å². The van der Waals surface area contributed by atoms with Crippen molar-refractivity contribution in [3.8, 4) is 6.07 Å². The van der Waals surface area contributed by atoms with Gasteiger partial charge in [-0.3, -0.25) is 0 Å². The minimum atomic E-state index is 0.450. The molecule has 0 bridgehead atoms. The highest BCUT2D eigenvalue weighted by Crippen LogP contribution is 2.37. The molecule has 1 aromatic heterocycles. The Kier molecular flexibility index (Phi) is 2.00. The number of thioether (sulfide) groups is 1. The Balaban J connectivity index is 2.09. The molecule has 1 aliphatic carbocycles. The van der Waals surface area contributed by atoms with Gasteiger partial charge in [0.1, 0.15) is 6.33 Å². The number of hydrogen-bond donors (Lipinski definition) is 0. The van der Waals surface area contributed by atoms with E-state index in [-0.39, 0.29) is 0 Å². The summed E-state index contributed by atoms with van der Waals surface area (Å²) in [6.45, 7) is 0. The van der Waals surface area contributed by atoms with E-state index in [9.17, 15) is 0 Å². The van der Waals surface area contributed by atoms with Crippen molar-refractivity contribution < 1.29 is 0 Å². The molecular weight excluding hydrogens is 172 g/mol. The Morgan fingerprint density at radius 1 is 1.75 bits per heavy atom. The number of nitrogens with zero attached hydrogens (tertiary/aromatic N) is 4. The van der Waals surface area contributed by atoms with Crippen LogP contribution in [0.3, 0.4) is 0 Å². The fourth-order valence-corrected chi connectivity index (χ4v) is 1.68. The molecule has 0 aliphatic heterocycles. The van der Waals surface area contributed by atoms with Gasteiger partial charge in [0.15, 0.2) is 5.16 Å². The largest absolute Gasteiger partial charge is 0.305 e. The number of nitriles is 1. The van der Waals surface area contributed by atoms with Gasteiger partial charge >= 0.3 is 0 Å². The monoisotopic (exact) mass is 180 g/mol. The second-order valence-corrected chi connectivity index (χ2v) is 3.64. The zero-order valence-corrected chi connectivity index (χ0v) is 7.29. The first-order valence-corrected chi connectivity index (χ1v) is 4.79. The van der Waals surface area contributed by atoms with Crippen LogP contribution in [0.5, 0.6) is 0 Å². The molecule has 5 heteroatoms. The topological polar surface area (TPSA) is 54.5 Å². The van der Waals surface area contributed by atoms with Gasteiger partial charge in [-0.2, -0.15) is 5.26 Å². The summed E-state index contributed by atoms with van der Waals surface area (Å²) in [5.41, 5.74) is 0. The molecule has 4 nitrogen and oxygen atoms in total. The summed E-state index contributed by atoms with van der Waals surface area (Å²) in [6.07, 6.45) is 4.19. The third-order valence-corrected chi connectivity index (χ3v) is 2.57. The van der Waals surface area contributed by atoms with Crippen molar-refractivity contribution in [1.82, 2.24) is 14.8 Å². The van der Waals surface area contributed by atoms with Gasteiger partial charge in [-0.1, -0.05) is 11.8 Å². The van der Waals surface area contributed by atoms with E-state index in [1.54, 1.807) is 6.33 Å². The van der Waals surface area contributed by atoms with Crippen LogP contribution < -0.4 is 0 Å². The van der Waals surface area contributed by atoms with E-state index in [0.29, 0.717) is 11.8 Å². The van der Waals surface area contributed by atoms with E-state index in [1.165, 1.54) is 24.6 Å². The van der Waals surface area contributed by atoms with Crippen LogP contribution in [-0.2, 0) is 0 Å². The van der Waals surface area contributed by atoms with Crippen molar-refractivity contribution in [3.05, 3.63) is 6.33 Å². The zero-order valence-electron chi connectivity index (χ0n) is 6.47. The normalized spacial score (nSPS) is 15.9. The second kappa shape index (κ2) is 3.15. The summed E-state index contributed by atoms with van der Waals surface area (Å²) >= 11 is 1.45. The Hall–Kier alpha value is -1.02. The molecule has 0 atom stereocenters. The summed E-state index contributed by atoms with van der Waals surface area (Å²) in [4.78, 5) is 0. The average molecular weight is 180 g/mol. The van der Waals surface area contributed by atoms with Crippen LogP contribution in [0.2, 0.25) is 0 Å². The van der Waals surface area contributed by atoms with Gasteiger partial charge in [-0.05, 0) is 12.8 Å². The third-order valence-electron chi connectivity index (χ3n) is 1.75. The molecule has 0 amide bonds. The van der Waals surface area contributed by atoms with E-state index in [1.807, 2.05) is 0 Å². The van der Waals surface area contributed by atoms with E-state index < -0.39 is 0 Å². The van der Waals surface area contributed by atoms with Crippen LogP contribution in [0.15, 0.2) is 11.5 Å². The molecule has 2 rings (SSSR count). The van der Waals surface area contributed by atoms with Gasteiger partial charge in [0.05, 0.1) is 11.8 Å². The summed E-state index contributed by atoms with van der Waals surface area (Å²) in [6, 6.07) is 2.67. The molecule has 0 aromatic carbocycles. The van der Waals surface area contributed by atoms with Gasteiger partial charge in [0.2, 0.25) is 0 Å². The molecule has 62 valence electrons. The lowest BCUT2D eigenvalue weighted by molar-refractivity contribution is 0.663. The van der Waals surface area contributed by atoms with Crippen LogP contribution in [-0.4, -0.2) is 20.5 Å². The van der Waals surface area contributed by atoms with Crippen molar-refractivity contribution >= 4 is 11.8 Å². The van der Waals surface area contributed by atoms with Crippen LogP contribution in [0.25, 0.3) is 0 Å². The van der Waals surface area contributed by atoms with Gasteiger partial charge in [-0.15, -0.1) is 10.2 Å². The van der Waals surface area contributed by atoms with Gasteiger partial charge in [-0.25, -0.2) is 0 Å². The van der Waals surface area contributed by atoms with Crippen molar-refractivity contribution in [3.63, 3.8) is 0 Å². The van der Waals surface area contributed by atoms with Gasteiger partial charge in [0, 0.05) is 6.04 Å². The second-order valence-electron chi connectivity index (χ2n) is 2.70. The van der Waals surface area contributed by atoms with Crippen LogP contribution in [0, 0.1) is 11.3 Å². The molecule has 1 saturated carbocycles. The van der Waals surface area contributed by atoms with E-state index in [2.05, 4.69) is 20.8 Å². The molecule has 0 saturated heterocycles. The molecule has 0 spiro atoms. The van der Waals surface area contributed by atoms with Gasteiger partial charge < -0.3 is 4.57 Å². The Morgan fingerprint density at radius 2 is 2.58 bits per heavy atom. The lowest BCUT2D eigenvalue weighted by atomic mass is 10.7. The minimum Gasteiger partial charge on any atom is -0.305 e. The smallest absolute Gasteiger partial charge is 0.192 e. The first-order valence-electron chi connectivity index (χ1n) is 3.81. The predicted molar refractivity (Wildman–Crippen MR) is 44.6 cm³/mol. The maximum absolute atomic E-state index is 8.38. The van der Waals surface area contributed by atoms with Crippen molar-refractivity contribution in [1.29, 1.82) is 5.26 Å². The maximum atomic E-state index is 8.38. The van der Waals surface area contributed by atoms with Crippen molar-refractivity contribution in [2.75, 3.05) is 5.75 Å². The molecule has 0 N–H and O–H groups in total. The van der Waals surface area contributed by atoms with Crippen molar-refractivity contribution in [2.24, 2.45) is 0 Å². The summed E-state index contributed by atoms with van der Waals surface area (Å²) in [5, 5.41) is 17.0. The molecule has 1 aliphatic rings. The highest BCUT2D eigenvalue weighted by molar-refractivity contribution is 7.99. The van der Waals surface area contributed by atoms with E-state index in [0.717, 1.165) is 5.16 Å². The fraction of sp³-hybridized carbons (Fsp3) is 0.571. The molecule has 0 unspecified atom stereocenters. The lowest BCUT2D eigenvalue weighted by Gasteiger charge is -1.99. The Bertz CT molecular complexity index is 309. The van der Waals surface area contributed by atoms with E-state index in [4.69, 9.17) is 5.26 Å².